The van der Waals surface area contributed by atoms with Crippen LogP contribution in [0.1, 0.15) is 37.1 Å². The summed E-state index contributed by atoms with van der Waals surface area (Å²) in [5.41, 5.74) is 4.22. The smallest absolute Gasteiger partial charge is 0.310 e. The Balaban J connectivity index is 1.65. The van der Waals surface area contributed by atoms with Crippen LogP contribution >= 0.6 is 53.3 Å². The van der Waals surface area contributed by atoms with E-state index < -0.39 is 8.16 Å². The van der Waals surface area contributed by atoms with Crippen LogP contribution in [0.4, 0.5) is 0 Å². The molecule has 0 bridgehead atoms. The molecule has 208 valence electrons. The maximum absolute atomic E-state index is 7.19. The van der Waals surface area contributed by atoms with Gasteiger partial charge in [-0.1, -0.05) is 109 Å². The van der Waals surface area contributed by atoms with E-state index >= 15 is 0 Å². The third kappa shape index (κ3) is 4.94. The number of halogens is 2. The topological polar surface area (TPSA) is 29.5 Å². The summed E-state index contributed by atoms with van der Waals surface area (Å²) in [6.07, 6.45) is 0. The molecule has 0 aliphatic heterocycles. The van der Waals surface area contributed by atoms with Crippen molar-refractivity contribution < 1.29 is 8.39 Å². The van der Waals surface area contributed by atoms with E-state index in [2.05, 4.69) is 185 Å². The predicted molar refractivity (Wildman–Crippen MR) is 195 cm³/mol. The average Bonchev–Trinajstić information content (AvgIpc) is 3.21. The van der Waals surface area contributed by atoms with Crippen LogP contribution in [-0.4, -0.2) is 0 Å². The quantitative estimate of drug-likeness (QED) is 0.163. The highest BCUT2D eigenvalue weighted by molar-refractivity contribution is 14.1. The third-order valence-electron chi connectivity index (χ3n) is 8.05. The van der Waals surface area contributed by atoms with Crippen LogP contribution in [0.2, 0.25) is 0 Å². The van der Waals surface area contributed by atoms with Gasteiger partial charge < -0.3 is 8.39 Å². The van der Waals surface area contributed by atoms with E-state index in [9.17, 15) is 0 Å². The predicted octanol–water partition coefficient (Wildman–Crippen LogP) is 12.3. The average molecular weight is 791 g/mol. The molecule has 42 heavy (non-hydrogen) atoms. The van der Waals surface area contributed by atoms with E-state index in [-0.39, 0.29) is 12.1 Å². The molecule has 0 saturated heterocycles. The monoisotopic (exact) mass is 791 g/mol. The zero-order valence-corrected chi connectivity index (χ0v) is 28.4. The zero-order valence-electron chi connectivity index (χ0n) is 23.2. The Morgan fingerprint density at radius 3 is 1.36 bits per heavy atom. The molecule has 7 rings (SSSR count). The molecule has 0 radical (unpaired) electrons. The minimum Gasteiger partial charge on any atom is -0.407 e. The first kappa shape index (κ1) is 28.0. The van der Waals surface area contributed by atoms with E-state index in [1.54, 1.807) is 0 Å². The summed E-state index contributed by atoms with van der Waals surface area (Å²) in [5, 5.41) is 6.92. The lowest BCUT2D eigenvalue weighted by Gasteiger charge is -2.31. The molecule has 1 heterocycles. The van der Waals surface area contributed by atoms with Gasteiger partial charge in [-0.2, -0.15) is 4.67 Å². The number of rotatable bonds is 5. The zero-order chi connectivity index (χ0) is 28.8. The van der Waals surface area contributed by atoms with Crippen molar-refractivity contribution in [2.24, 2.45) is 0 Å². The molecule has 1 aromatic heterocycles. The van der Waals surface area contributed by atoms with Crippen molar-refractivity contribution in [1.82, 2.24) is 0 Å². The van der Waals surface area contributed by atoms with Crippen LogP contribution in [0.25, 0.3) is 43.5 Å². The summed E-state index contributed by atoms with van der Waals surface area (Å²) in [6, 6.07) is 43.1. The maximum Gasteiger partial charge on any atom is 0.310 e. The fourth-order valence-electron chi connectivity index (χ4n) is 5.92. The fraction of sp³-hybridized carbons (Fsp3) is 0.111. The van der Waals surface area contributed by atoms with Crippen molar-refractivity contribution in [1.29, 1.82) is 0 Å². The molecule has 0 amide bonds. The molecule has 6 aromatic carbocycles. The normalized spacial score (nSPS) is 13.3. The minimum atomic E-state index is -1.58. The van der Waals surface area contributed by atoms with Crippen LogP contribution in [0.15, 0.2) is 130 Å². The highest BCUT2D eigenvalue weighted by Gasteiger charge is 2.30. The Bertz CT molecular complexity index is 1960. The number of hydrogen-bond acceptors (Lipinski definition) is 3. The lowest BCUT2D eigenvalue weighted by molar-refractivity contribution is 0.557. The molecule has 7 aromatic rings. The summed E-state index contributed by atoms with van der Waals surface area (Å²) in [5.74, 6) is 0. The van der Waals surface area contributed by atoms with Crippen molar-refractivity contribution in [2.45, 2.75) is 25.9 Å². The van der Waals surface area contributed by atoms with Crippen molar-refractivity contribution in [3.8, 4) is 0 Å². The van der Waals surface area contributed by atoms with Gasteiger partial charge in [-0.25, -0.2) is 0 Å². The van der Waals surface area contributed by atoms with Crippen molar-refractivity contribution in [3.05, 3.63) is 140 Å². The molecule has 0 unspecified atom stereocenters. The Kier molecular flexibility index (Phi) is 7.78. The van der Waals surface area contributed by atoms with Gasteiger partial charge in [0, 0.05) is 22.9 Å². The first-order chi connectivity index (χ1) is 20.5. The molecular formula is C36H28I2NO2P. The molecule has 0 N–H and O–H groups in total. The third-order valence-corrected chi connectivity index (χ3v) is 11.4. The Morgan fingerprint density at radius 2 is 0.929 bits per heavy atom. The highest BCUT2D eigenvalue weighted by atomic mass is 127. The lowest BCUT2D eigenvalue weighted by atomic mass is 9.99. The van der Waals surface area contributed by atoms with E-state index in [0.29, 0.717) is 0 Å². The van der Waals surface area contributed by atoms with Gasteiger partial charge in [0.25, 0.3) is 0 Å². The van der Waals surface area contributed by atoms with Crippen molar-refractivity contribution >= 4 is 96.8 Å². The van der Waals surface area contributed by atoms with Crippen LogP contribution in [0, 0.1) is 7.14 Å². The number of nitrogens with zero attached hydrogens (tertiary/aromatic N) is 1. The van der Waals surface area contributed by atoms with Gasteiger partial charge in [-0.15, -0.1) is 0 Å². The molecular weight excluding hydrogens is 763 g/mol. The first-order valence-electron chi connectivity index (χ1n) is 14.0. The highest BCUT2D eigenvalue weighted by Crippen LogP contribution is 2.49. The lowest BCUT2D eigenvalue weighted by Crippen LogP contribution is -2.27. The molecule has 0 fully saturated rings. The molecule has 3 nitrogen and oxygen atoms in total. The molecule has 0 saturated carbocycles. The van der Waals surface area contributed by atoms with Crippen molar-refractivity contribution in [3.63, 3.8) is 0 Å². The van der Waals surface area contributed by atoms with E-state index in [4.69, 9.17) is 8.39 Å². The van der Waals surface area contributed by atoms with E-state index in [1.807, 2.05) is 0 Å². The largest absolute Gasteiger partial charge is 0.407 e. The summed E-state index contributed by atoms with van der Waals surface area (Å²) < 4.78 is 19.0. The fourth-order valence-corrected chi connectivity index (χ4v) is 9.45. The van der Waals surface area contributed by atoms with Gasteiger partial charge in [-0.05, 0) is 104 Å². The molecule has 0 aliphatic carbocycles. The van der Waals surface area contributed by atoms with Gasteiger partial charge in [0.2, 0.25) is 0 Å². The van der Waals surface area contributed by atoms with Gasteiger partial charge in [0.1, 0.15) is 0 Å². The van der Waals surface area contributed by atoms with Crippen LogP contribution in [0.5, 0.6) is 0 Å². The van der Waals surface area contributed by atoms with E-state index in [0.717, 1.165) is 29.1 Å². The molecule has 0 aliphatic rings. The number of hydrogen-bond donors (Lipinski definition) is 0. The summed E-state index contributed by atoms with van der Waals surface area (Å²) >= 11 is 4.88. The molecule has 0 spiro atoms. The van der Waals surface area contributed by atoms with Crippen molar-refractivity contribution in [2.75, 3.05) is 4.67 Å². The second-order valence-electron chi connectivity index (χ2n) is 10.5. The van der Waals surface area contributed by atoms with E-state index in [1.165, 1.54) is 32.7 Å². The Labute approximate surface area is 273 Å². The molecule has 6 heteroatoms. The van der Waals surface area contributed by atoms with Crippen LogP contribution < -0.4 is 4.67 Å². The second-order valence-corrected chi connectivity index (χ2v) is 14.2. The summed E-state index contributed by atoms with van der Waals surface area (Å²) in [7, 11) is -1.58. The van der Waals surface area contributed by atoms with Crippen LogP contribution in [-0.2, 0) is 0 Å². The molecule has 2 atom stereocenters. The standard InChI is InChI=1S/C36H28I2NO2P/c1-23(25-13-5-3-6-14-25)39(24(2)26-15-7-4-8-16-26)42-40-35-31(37)21-27-17-9-11-19-29(27)33(35)34-30-20-12-10-18-28(30)22-32(38)36(34)41-42/h3-24H,1-2H3/t23-,24-/m1/s1. The first-order valence-corrected chi connectivity index (χ1v) is 17.3. The maximum atomic E-state index is 7.19. The van der Waals surface area contributed by atoms with Crippen LogP contribution in [0.3, 0.4) is 0 Å². The minimum absolute atomic E-state index is 0.0359. The van der Waals surface area contributed by atoms with Gasteiger partial charge in [0.15, 0.2) is 11.2 Å². The van der Waals surface area contributed by atoms with Gasteiger partial charge in [0.05, 0.1) is 7.14 Å². The number of benzene rings is 6. The Hall–Kier alpha value is -2.84. The summed E-state index contributed by atoms with van der Waals surface area (Å²) in [6.45, 7) is 4.51. The van der Waals surface area contributed by atoms with Gasteiger partial charge in [-0.3, -0.25) is 0 Å². The number of fused-ring (bicyclic) bond motifs is 7. The SMILES string of the molecule is C[C@H](c1ccccc1)N([C@H](C)c1ccccc1)p1oc2c(I)cc3ccccc3c2c2c(o1)c(I)cc1ccccc12. The van der Waals surface area contributed by atoms with Gasteiger partial charge >= 0.3 is 8.16 Å². The Morgan fingerprint density at radius 1 is 0.548 bits per heavy atom. The summed E-state index contributed by atoms with van der Waals surface area (Å²) in [4.78, 5) is 0. The second kappa shape index (κ2) is 11.7.